The molecule has 2 aromatic rings. The molecule has 98 valence electrons. The fourth-order valence-corrected chi connectivity index (χ4v) is 2.73. The van der Waals surface area contributed by atoms with Crippen LogP contribution in [-0.2, 0) is 0 Å². The molecule has 1 aromatic heterocycles. The Morgan fingerprint density at radius 2 is 2.11 bits per heavy atom. The number of ether oxygens (including phenoxy) is 2. The Labute approximate surface area is 110 Å². The molecule has 5 heteroatoms. The van der Waals surface area contributed by atoms with Crippen molar-refractivity contribution in [2.45, 2.75) is 12.5 Å². The maximum absolute atomic E-state index is 9.67. The lowest BCUT2D eigenvalue weighted by molar-refractivity contribution is 0.174. The number of aliphatic hydroxyl groups excluding tert-OH is 1. The number of fused-ring (bicyclic) bond motifs is 2. The van der Waals surface area contributed by atoms with Crippen molar-refractivity contribution in [2.75, 3.05) is 24.8 Å². The van der Waals surface area contributed by atoms with Crippen LogP contribution in [0.3, 0.4) is 0 Å². The van der Waals surface area contributed by atoms with Crippen molar-refractivity contribution < 1.29 is 14.6 Å². The monoisotopic (exact) mass is 258 g/mol. The minimum atomic E-state index is -0.258. The maximum atomic E-state index is 9.67. The summed E-state index contributed by atoms with van der Waals surface area (Å²) in [4.78, 5) is 6.59. The van der Waals surface area contributed by atoms with E-state index >= 15 is 0 Å². The second-order valence-electron chi connectivity index (χ2n) is 4.95. The van der Waals surface area contributed by atoms with Crippen LogP contribution < -0.4 is 14.4 Å². The van der Waals surface area contributed by atoms with Crippen LogP contribution in [-0.4, -0.2) is 36.1 Å². The van der Waals surface area contributed by atoms with Crippen LogP contribution in [0.1, 0.15) is 6.42 Å². The smallest absolute Gasteiger partial charge is 0.231 e. The number of nitrogens with zero attached hydrogens (tertiary/aromatic N) is 2. The first-order chi connectivity index (χ1) is 9.31. The number of β-amino-alcohol motifs (C(OH)–C–C–N with tert-alkyl or cyclic N) is 1. The van der Waals surface area contributed by atoms with Gasteiger partial charge in [0, 0.05) is 24.7 Å². The summed E-state index contributed by atoms with van der Waals surface area (Å²) >= 11 is 0. The molecule has 1 atom stereocenters. The molecule has 0 radical (unpaired) electrons. The van der Waals surface area contributed by atoms with Crippen LogP contribution in [0.25, 0.3) is 10.8 Å². The highest BCUT2D eigenvalue weighted by Crippen LogP contribution is 2.39. The summed E-state index contributed by atoms with van der Waals surface area (Å²) in [6, 6.07) is 5.92. The molecule has 0 bridgehead atoms. The Balaban J connectivity index is 1.86. The van der Waals surface area contributed by atoms with Gasteiger partial charge in [0.1, 0.15) is 5.82 Å². The zero-order valence-electron chi connectivity index (χ0n) is 10.4. The summed E-state index contributed by atoms with van der Waals surface area (Å²) in [6.45, 7) is 1.75. The average molecular weight is 258 g/mol. The van der Waals surface area contributed by atoms with E-state index in [1.807, 2.05) is 18.2 Å². The van der Waals surface area contributed by atoms with Crippen molar-refractivity contribution in [1.29, 1.82) is 0 Å². The lowest BCUT2D eigenvalue weighted by atomic mass is 10.1. The van der Waals surface area contributed by atoms with Gasteiger partial charge in [-0.25, -0.2) is 4.98 Å². The quantitative estimate of drug-likeness (QED) is 0.840. The number of rotatable bonds is 1. The normalized spacial score (nSPS) is 21.3. The van der Waals surface area contributed by atoms with Gasteiger partial charge in [0.25, 0.3) is 0 Å². The van der Waals surface area contributed by atoms with Crippen LogP contribution in [0, 0.1) is 0 Å². The number of benzene rings is 1. The molecule has 1 aromatic carbocycles. The van der Waals surface area contributed by atoms with Crippen molar-refractivity contribution >= 4 is 16.6 Å². The minimum absolute atomic E-state index is 0.258. The van der Waals surface area contributed by atoms with E-state index in [1.54, 1.807) is 6.20 Å². The fourth-order valence-electron chi connectivity index (χ4n) is 2.73. The molecule has 4 rings (SSSR count). The molecule has 5 nitrogen and oxygen atoms in total. The van der Waals surface area contributed by atoms with E-state index < -0.39 is 0 Å². The molecule has 1 fully saturated rings. The molecule has 19 heavy (non-hydrogen) atoms. The topological polar surface area (TPSA) is 54.8 Å². The predicted molar refractivity (Wildman–Crippen MR) is 70.7 cm³/mol. The van der Waals surface area contributed by atoms with Crippen LogP contribution in [0.2, 0.25) is 0 Å². The van der Waals surface area contributed by atoms with Crippen molar-refractivity contribution in [2.24, 2.45) is 0 Å². The van der Waals surface area contributed by atoms with E-state index in [9.17, 15) is 5.11 Å². The Bertz CT molecular complexity index is 644. The van der Waals surface area contributed by atoms with Crippen molar-refractivity contribution in [1.82, 2.24) is 4.98 Å². The third-order valence-corrected chi connectivity index (χ3v) is 3.70. The molecule has 1 saturated heterocycles. The molecule has 0 spiro atoms. The number of anilines is 1. The third kappa shape index (κ3) is 1.69. The van der Waals surface area contributed by atoms with Gasteiger partial charge in [0.15, 0.2) is 11.5 Å². The van der Waals surface area contributed by atoms with Gasteiger partial charge in [-0.1, -0.05) is 0 Å². The molecule has 1 N–H and O–H groups in total. The Morgan fingerprint density at radius 3 is 2.89 bits per heavy atom. The third-order valence-electron chi connectivity index (χ3n) is 3.70. The predicted octanol–water partition coefficient (Wildman–Crippen LogP) is 1.53. The molecule has 0 saturated carbocycles. The molecule has 3 heterocycles. The van der Waals surface area contributed by atoms with E-state index in [0.29, 0.717) is 6.54 Å². The van der Waals surface area contributed by atoms with E-state index in [4.69, 9.17) is 9.47 Å². The molecule has 2 aliphatic heterocycles. The van der Waals surface area contributed by atoms with Gasteiger partial charge in [-0.3, -0.25) is 0 Å². The number of aliphatic hydroxyl groups is 1. The van der Waals surface area contributed by atoms with Crippen LogP contribution in [0.15, 0.2) is 24.4 Å². The van der Waals surface area contributed by atoms with Gasteiger partial charge in [-0.05, 0) is 30.0 Å². The van der Waals surface area contributed by atoms with Gasteiger partial charge in [-0.15, -0.1) is 0 Å². The van der Waals surface area contributed by atoms with Gasteiger partial charge in [-0.2, -0.15) is 0 Å². The zero-order valence-corrected chi connectivity index (χ0v) is 10.4. The largest absolute Gasteiger partial charge is 0.454 e. The number of pyridine rings is 1. The maximum Gasteiger partial charge on any atom is 0.231 e. The van der Waals surface area contributed by atoms with E-state index in [2.05, 4.69) is 9.88 Å². The molecular formula is C14H14N2O3. The van der Waals surface area contributed by atoms with Gasteiger partial charge >= 0.3 is 0 Å². The lowest BCUT2D eigenvalue weighted by Gasteiger charge is -2.18. The van der Waals surface area contributed by atoms with Crippen molar-refractivity contribution in [3.8, 4) is 11.5 Å². The highest BCUT2D eigenvalue weighted by molar-refractivity contribution is 5.94. The average Bonchev–Trinajstić information content (AvgIpc) is 3.03. The summed E-state index contributed by atoms with van der Waals surface area (Å²) in [5.41, 5.74) is 0. The SMILES string of the molecule is OC1CCN(c2nccc3cc4c(cc23)OCO4)C1. The summed E-state index contributed by atoms with van der Waals surface area (Å²) in [5.74, 6) is 2.46. The Morgan fingerprint density at radius 1 is 1.26 bits per heavy atom. The summed E-state index contributed by atoms with van der Waals surface area (Å²) in [5, 5.41) is 11.8. The van der Waals surface area contributed by atoms with Gasteiger partial charge < -0.3 is 19.5 Å². The number of hydrogen-bond acceptors (Lipinski definition) is 5. The van der Waals surface area contributed by atoms with E-state index in [0.717, 1.165) is 41.1 Å². The minimum Gasteiger partial charge on any atom is -0.454 e. The van der Waals surface area contributed by atoms with Crippen LogP contribution in [0.5, 0.6) is 11.5 Å². The summed E-state index contributed by atoms with van der Waals surface area (Å²) in [6.07, 6.45) is 2.33. The first kappa shape index (κ1) is 10.9. The fraction of sp³-hybridized carbons (Fsp3) is 0.357. The zero-order chi connectivity index (χ0) is 12.8. The second kappa shape index (κ2) is 3.99. The Hall–Kier alpha value is -2.01. The molecule has 2 aliphatic rings. The molecule has 1 unspecified atom stereocenters. The van der Waals surface area contributed by atoms with Crippen molar-refractivity contribution in [3.05, 3.63) is 24.4 Å². The highest BCUT2D eigenvalue weighted by Gasteiger charge is 2.24. The van der Waals surface area contributed by atoms with Crippen LogP contribution in [0.4, 0.5) is 5.82 Å². The van der Waals surface area contributed by atoms with Gasteiger partial charge in [0.2, 0.25) is 6.79 Å². The molecular weight excluding hydrogens is 244 g/mol. The number of aromatic nitrogens is 1. The molecule has 0 aliphatic carbocycles. The summed E-state index contributed by atoms with van der Waals surface area (Å²) in [7, 11) is 0. The first-order valence-electron chi connectivity index (χ1n) is 6.42. The highest BCUT2D eigenvalue weighted by atomic mass is 16.7. The van der Waals surface area contributed by atoms with Crippen LogP contribution >= 0.6 is 0 Å². The second-order valence-corrected chi connectivity index (χ2v) is 4.95. The van der Waals surface area contributed by atoms with Crippen molar-refractivity contribution in [3.63, 3.8) is 0 Å². The van der Waals surface area contributed by atoms with E-state index in [-0.39, 0.29) is 12.9 Å². The number of hydrogen-bond donors (Lipinski definition) is 1. The first-order valence-corrected chi connectivity index (χ1v) is 6.42. The standard InChI is InChI=1S/C14H14N2O3/c17-10-2-4-16(7-10)14-11-6-13-12(18-8-19-13)5-9(11)1-3-15-14/h1,3,5-6,10,17H,2,4,7-8H2. The van der Waals surface area contributed by atoms with E-state index in [1.165, 1.54) is 0 Å². The lowest BCUT2D eigenvalue weighted by Crippen LogP contribution is -2.22. The Kier molecular flexibility index (Phi) is 2.29. The van der Waals surface area contributed by atoms with Gasteiger partial charge in [0.05, 0.1) is 6.10 Å². The molecule has 0 amide bonds. The summed E-state index contributed by atoms with van der Waals surface area (Å²) < 4.78 is 10.8.